The summed E-state index contributed by atoms with van der Waals surface area (Å²) in [5.41, 5.74) is 7.56. The largest absolute Gasteiger partial charge is 0.419 e. The van der Waals surface area contributed by atoms with Gasteiger partial charge in [-0.2, -0.15) is 0 Å². The number of fused-ring (bicyclic) bond motifs is 1. The number of nitrogens with one attached hydrogen (secondary N) is 1. The maximum absolute atomic E-state index is 12.0. The number of carbonyl (C=O) groups excluding carboxylic acids is 2. The third-order valence-electron chi connectivity index (χ3n) is 3.84. The number of nitrogens with zero attached hydrogens (tertiary/aromatic N) is 1. The zero-order valence-electron chi connectivity index (χ0n) is 13.4. The van der Waals surface area contributed by atoms with Gasteiger partial charge in [0.1, 0.15) is 0 Å². The molecule has 3 aromatic rings. The maximum atomic E-state index is 12.0. The number of oxazole rings is 1. The minimum absolute atomic E-state index is 0.138. The highest BCUT2D eigenvalue weighted by atomic mass is 16.4. The second-order valence-electron chi connectivity index (χ2n) is 5.58. The van der Waals surface area contributed by atoms with E-state index in [4.69, 9.17) is 10.2 Å². The first-order valence-corrected chi connectivity index (χ1v) is 7.78. The van der Waals surface area contributed by atoms with Crippen molar-refractivity contribution in [3.05, 3.63) is 70.2 Å². The van der Waals surface area contributed by atoms with Crippen LogP contribution in [0.1, 0.15) is 22.3 Å². The minimum atomic E-state index is -0.514. The molecule has 7 nitrogen and oxygen atoms in total. The van der Waals surface area contributed by atoms with Gasteiger partial charge in [-0.05, 0) is 29.8 Å². The summed E-state index contributed by atoms with van der Waals surface area (Å²) in [6, 6.07) is 13.8. The van der Waals surface area contributed by atoms with Crippen molar-refractivity contribution in [1.29, 1.82) is 0 Å². The SMILES string of the molecule is NC(=O)c1cccc(CNC(=O)CCn2c(=O)oc3ccccc32)c1. The fraction of sp³-hybridized carbons (Fsp3) is 0.167. The molecule has 1 aromatic heterocycles. The van der Waals surface area contributed by atoms with Crippen molar-refractivity contribution in [2.24, 2.45) is 5.73 Å². The highest BCUT2D eigenvalue weighted by molar-refractivity contribution is 5.92. The first-order chi connectivity index (χ1) is 12.0. The Kier molecular flexibility index (Phi) is 4.65. The van der Waals surface area contributed by atoms with Gasteiger partial charge in [0.2, 0.25) is 11.8 Å². The number of para-hydroxylation sites is 2. The van der Waals surface area contributed by atoms with Crippen molar-refractivity contribution >= 4 is 22.9 Å². The van der Waals surface area contributed by atoms with E-state index >= 15 is 0 Å². The van der Waals surface area contributed by atoms with Crippen LogP contribution in [0.4, 0.5) is 0 Å². The third-order valence-corrected chi connectivity index (χ3v) is 3.84. The van der Waals surface area contributed by atoms with Gasteiger partial charge in [0.25, 0.3) is 0 Å². The molecule has 0 aliphatic rings. The van der Waals surface area contributed by atoms with Gasteiger partial charge in [0.05, 0.1) is 5.52 Å². The fourth-order valence-corrected chi connectivity index (χ4v) is 2.56. The predicted octanol–water partition coefficient (Wildman–Crippen LogP) is 1.40. The summed E-state index contributed by atoms with van der Waals surface area (Å²) in [5.74, 6) is -1.20. The second kappa shape index (κ2) is 7.04. The molecule has 0 bridgehead atoms. The van der Waals surface area contributed by atoms with Crippen LogP contribution in [0.2, 0.25) is 0 Å². The Morgan fingerprint density at radius 2 is 1.92 bits per heavy atom. The van der Waals surface area contributed by atoms with Crippen molar-refractivity contribution in [3.63, 3.8) is 0 Å². The summed E-state index contributed by atoms with van der Waals surface area (Å²) >= 11 is 0. The number of benzene rings is 2. The van der Waals surface area contributed by atoms with Crippen LogP contribution >= 0.6 is 0 Å². The minimum Gasteiger partial charge on any atom is -0.408 e. The van der Waals surface area contributed by atoms with Crippen LogP contribution < -0.4 is 16.8 Å². The molecule has 0 saturated heterocycles. The second-order valence-corrected chi connectivity index (χ2v) is 5.58. The van der Waals surface area contributed by atoms with E-state index in [2.05, 4.69) is 5.32 Å². The van der Waals surface area contributed by atoms with Gasteiger partial charge in [-0.3, -0.25) is 14.2 Å². The Bertz CT molecular complexity index is 987. The number of hydrogen-bond acceptors (Lipinski definition) is 4. The first-order valence-electron chi connectivity index (χ1n) is 7.78. The van der Waals surface area contributed by atoms with Gasteiger partial charge in [-0.1, -0.05) is 24.3 Å². The predicted molar refractivity (Wildman–Crippen MR) is 91.9 cm³/mol. The molecule has 0 atom stereocenters. The Morgan fingerprint density at radius 1 is 1.12 bits per heavy atom. The number of primary amides is 1. The Labute approximate surface area is 143 Å². The lowest BCUT2D eigenvalue weighted by Crippen LogP contribution is -2.26. The van der Waals surface area contributed by atoms with E-state index in [1.807, 2.05) is 0 Å². The van der Waals surface area contributed by atoms with E-state index < -0.39 is 11.7 Å². The highest BCUT2D eigenvalue weighted by Crippen LogP contribution is 2.12. The van der Waals surface area contributed by atoms with E-state index in [1.165, 1.54) is 4.57 Å². The summed E-state index contributed by atoms with van der Waals surface area (Å²) in [6.45, 7) is 0.504. The van der Waals surface area contributed by atoms with E-state index in [0.29, 0.717) is 16.7 Å². The van der Waals surface area contributed by atoms with Gasteiger partial charge in [-0.25, -0.2) is 4.79 Å². The standard InChI is InChI=1S/C18H17N3O4/c19-17(23)13-5-3-4-12(10-13)11-20-16(22)8-9-21-14-6-1-2-7-15(14)25-18(21)24/h1-7,10H,8-9,11H2,(H2,19,23)(H,20,22). The smallest absolute Gasteiger partial charge is 0.408 e. The van der Waals surface area contributed by atoms with Crippen molar-refractivity contribution in [2.75, 3.05) is 0 Å². The van der Waals surface area contributed by atoms with E-state index in [0.717, 1.165) is 5.56 Å². The monoisotopic (exact) mass is 339 g/mol. The molecule has 2 amide bonds. The van der Waals surface area contributed by atoms with Crippen molar-refractivity contribution in [3.8, 4) is 0 Å². The number of hydrogen-bond donors (Lipinski definition) is 2. The molecule has 3 rings (SSSR count). The van der Waals surface area contributed by atoms with E-state index in [9.17, 15) is 14.4 Å². The Balaban J connectivity index is 1.60. The maximum Gasteiger partial charge on any atom is 0.419 e. The van der Waals surface area contributed by atoms with E-state index in [1.54, 1.807) is 48.5 Å². The molecule has 0 radical (unpaired) electrons. The number of nitrogens with two attached hydrogens (primary N) is 1. The molecule has 0 saturated carbocycles. The number of amides is 2. The van der Waals surface area contributed by atoms with E-state index in [-0.39, 0.29) is 25.4 Å². The molecule has 0 aliphatic carbocycles. The highest BCUT2D eigenvalue weighted by Gasteiger charge is 2.10. The number of aryl methyl sites for hydroxylation is 1. The number of carbonyl (C=O) groups is 2. The lowest BCUT2D eigenvalue weighted by molar-refractivity contribution is -0.121. The van der Waals surface area contributed by atoms with Crippen molar-refractivity contribution in [2.45, 2.75) is 19.5 Å². The normalized spacial score (nSPS) is 10.7. The average Bonchev–Trinajstić information content (AvgIpc) is 2.93. The molecule has 128 valence electrons. The van der Waals surface area contributed by atoms with Gasteiger partial charge < -0.3 is 15.5 Å². The molecule has 1 heterocycles. The van der Waals surface area contributed by atoms with Gasteiger partial charge in [0, 0.05) is 25.1 Å². The molecule has 0 aliphatic heterocycles. The van der Waals surface area contributed by atoms with Gasteiger partial charge in [0.15, 0.2) is 5.58 Å². The molecular formula is C18H17N3O4. The quantitative estimate of drug-likeness (QED) is 0.708. The molecule has 3 N–H and O–H groups in total. The van der Waals surface area contributed by atoms with Crippen molar-refractivity contribution in [1.82, 2.24) is 9.88 Å². The van der Waals surface area contributed by atoms with Crippen LogP contribution in [-0.4, -0.2) is 16.4 Å². The Hall–Kier alpha value is -3.35. The third kappa shape index (κ3) is 3.77. The molecule has 2 aromatic carbocycles. The van der Waals surface area contributed by atoms with Crippen LogP contribution in [0, 0.1) is 0 Å². The molecule has 0 fully saturated rings. The number of aromatic nitrogens is 1. The molecule has 7 heteroatoms. The summed E-state index contributed by atoms with van der Waals surface area (Å²) < 4.78 is 6.56. The molecule has 0 unspecified atom stereocenters. The zero-order chi connectivity index (χ0) is 17.8. The lowest BCUT2D eigenvalue weighted by Gasteiger charge is -2.07. The zero-order valence-corrected chi connectivity index (χ0v) is 13.4. The van der Waals surface area contributed by atoms with Crippen LogP contribution in [0.15, 0.2) is 57.7 Å². The van der Waals surface area contributed by atoms with Gasteiger partial charge >= 0.3 is 5.76 Å². The summed E-state index contributed by atoms with van der Waals surface area (Å²) in [7, 11) is 0. The first kappa shape index (κ1) is 16.5. The van der Waals surface area contributed by atoms with Crippen molar-refractivity contribution < 1.29 is 14.0 Å². The summed E-state index contributed by atoms with van der Waals surface area (Å²) in [6.07, 6.45) is 0.138. The van der Waals surface area contributed by atoms with Crippen LogP contribution in [0.25, 0.3) is 11.1 Å². The van der Waals surface area contributed by atoms with Gasteiger partial charge in [-0.15, -0.1) is 0 Å². The number of rotatable bonds is 6. The molecule has 0 spiro atoms. The fourth-order valence-electron chi connectivity index (χ4n) is 2.56. The van der Waals surface area contributed by atoms with Crippen LogP contribution in [0.5, 0.6) is 0 Å². The van der Waals surface area contributed by atoms with Crippen LogP contribution in [-0.2, 0) is 17.9 Å². The van der Waals surface area contributed by atoms with Crippen LogP contribution in [0.3, 0.4) is 0 Å². The lowest BCUT2D eigenvalue weighted by atomic mass is 10.1. The average molecular weight is 339 g/mol. The topological polar surface area (TPSA) is 107 Å². The Morgan fingerprint density at radius 3 is 2.72 bits per heavy atom. The molecular weight excluding hydrogens is 322 g/mol. The summed E-state index contributed by atoms with van der Waals surface area (Å²) in [5, 5.41) is 2.76. The summed E-state index contributed by atoms with van der Waals surface area (Å²) in [4.78, 5) is 35.0. The molecule has 25 heavy (non-hydrogen) atoms.